The minimum Gasteiger partial charge on any atom is -0.384 e. The Morgan fingerprint density at radius 2 is 1.62 bits per heavy atom. The highest BCUT2D eigenvalue weighted by Crippen LogP contribution is 2.45. The van der Waals surface area contributed by atoms with Crippen molar-refractivity contribution >= 4 is 0 Å². The molecule has 2 aromatic carbocycles. The van der Waals surface area contributed by atoms with Gasteiger partial charge in [-0.1, -0.05) is 43.3 Å². The van der Waals surface area contributed by atoms with Gasteiger partial charge in [0, 0.05) is 19.6 Å². The van der Waals surface area contributed by atoms with Crippen LogP contribution in [0.15, 0.2) is 36.4 Å². The highest BCUT2D eigenvalue weighted by Gasteiger charge is 2.28. The Labute approximate surface area is 127 Å². The Bertz CT molecular complexity index is 648. The van der Waals surface area contributed by atoms with E-state index in [-0.39, 0.29) is 0 Å². The average molecular weight is 281 g/mol. The molecule has 1 atom stereocenters. The zero-order valence-corrected chi connectivity index (χ0v) is 13.1. The molecule has 1 aliphatic rings. The van der Waals surface area contributed by atoms with Crippen LogP contribution in [0.5, 0.6) is 0 Å². The number of fused-ring (bicyclic) bond motifs is 3. The average Bonchev–Trinajstić information content (AvgIpc) is 2.81. The summed E-state index contributed by atoms with van der Waals surface area (Å²) in [5.41, 5.74) is 8.31. The molecule has 3 rings (SSSR count). The molecule has 0 saturated carbocycles. The van der Waals surface area contributed by atoms with E-state index >= 15 is 0 Å². The lowest BCUT2D eigenvalue weighted by molar-refractivity contribution is 0.190. The van der Waals surface area contributed by atoms with Gasteiger partial charge in [0.15, 0.2) is 0 Å². The first kappa shape index (κ1) is 14.3. The van der Waals surface area contributed by atoms with Gasteiger partial charge in [-0.05, 0) is 46.8 Å². The molecule has 0 fully saturated rings. The fourth-order valence-electron chi connectivity index (χ4n) is 3.34. The Balaban J connectivity index is 2.11. The number of benzene rings is 2. The van der Waals surface area contributed by atoms with Gasteiger partial charge in [-0.3, -0.25) is 0 Å². The summed E-state index contributed by atoms with van der Waals surface area (Å²) in [4.78, 5) is 0. The predicted molar refractivity (Wildman–Crippen MR) is 87.7 cm³/mol. The summed E-state index contributed by atoms with van der Waals surface area (Å²) < 4.78 is 5.50. The lowest BCUT2D eigenvalue weighted by atomic mass is 9.95. The van der Waals surface area contributed by atoms with Gasteiger partial charge >= 0.3 is 0 Å². The molecule has 1 aliphatic carbocycles. The van der Waals surface area contributed by atoms with Crippen molar-refractivity contribution < 1.29 is 4.74 Å². The zero-order chi connectivity index (χ0) is 14.8. The molecule has 0 saturated heterocycles. The molecule has 0 bridgehead atoms. The van der Waals surface area contributed by atoms with E-state index in [1.54, 1.807) is 7.11 Å². The molecule has 2 heteroatoms. The maximum atomic E-state index is 5.50. The van der Waals surface area contributed by atoms with Crippen molar-refractivity contribution in [3.63, 3.8) is 0 Å². The van der Waals surface area contributed by atoms with Crippen molar-refractivity contribution in [1.82, 2.24) is 5.32 Å². The van der Waals surface area contributed by atoms with E-state index in [9.17, 15) is 0 Å². The van der Waals surface area contributed by atoms with E-state index in [2.05, 4.69) is 48.6 Å². The van der Waals surface area contributed by atoms with Crippen LogP contribution in [0.25, 0.3) is 11.1 Å². The van der Waals surface area contributed by atoms with Crippen molar-refractivity contribution in [3.8, 4) is 11.1 Å². The lowest BCUT2D eigenvalue weighted by Gasteiger charge is -2.14. The number of nitrogens with one attached hydrogen (secondary N) is 1. The molecule has 21 heavy (non-hydrogen) atoms. The van der Waals surface area contributed by atoms with Crippen molar-refractivity contribution in [1.29, 1.82) is 0 Å². The van der Waals surface area contributed by atoms with Crippen LogP contribution in [0.2, 0.25) is 0 Å². The standard InChI is InChI=1S/C19H23NO/c1-4-13-5-7-15-16-8-6-14(11-20-2)10-18(16)19(12-21-3)17(15)9-13/h5-10,19-20H,4,11-12H2,1-3H3. The number of hydrogen-bond acceptors (Lipinski definition) is 2. The number of methoxy groups -OCH3 is 1. The largest absolute Gasteiger partial charge is 0.384 e. The molecule has 2 aromatic rings. The van der Waals surface area contributed by atoms with E-state index in [1.807, 2.05) is 7.05 Å². The minimum atomic E-state index is 0.364. The third kappa shape index (κ3) is 2.50. The third-order valence-corrected chi connectivity index (χ3v) is 4.40. The number of hydrogen-bond donors (Lipinski definition) is 1. The fourth-order valence-corrected chi connectivity index (χ4v) is 3.34. The van der Waals surface area contributed by atoms with E-state index in [1.165, 1.54) is 33.4 Å². The summed E-state index contributed by atoms with van der Waals surface area (Å²) in [6.07, 6.45) is 1.08. The first-order valence-electron chi connectivity index (χ1n) is 7.68. The van der Waals surface area contributed by atoms with Gasteiger partial charge in [-0.2, -0.15) is 0 Å². The van der Waals surface area contributed by atoms with E-state index in [0.717, 1.165) is 19.6 Å². The highest BCUT2D eigenvalue weighted by atomic mass is 16.5. The topological polar surface area (TPSA) is 21.3 Å². The van der Waals surface area contributed by atoms with Crippen LogP contribution in [0.3, 0.4) is 0 Å². The first-order valence-corrected chi connectivity index (χ1v) is 7.68. The second kappa shape index (κ2) is 6.00. The van der Waals surface area contributed by atoms with Gasteiger partial charge in [-0.15, -0.1) is 0 Å². The van der Waals surface area contributed by atoms with Crippen molar-refractivity contribution in [2.24, 2.45) is 0 Å². The van der Waals surface area contributed by atoms with Gasteiger partial charge in [0.2, 0.25) is 0 Å². The molecular formula is C19H23NO. The van der Waals surface area contributed by atoms with Crippen LogP contribution in [0.4, 0.5) is 0 Å². The van der Waals surface area contributed by atoms with Crippen molar-refractivity contribution in [3.05, 3.63) is 58.7 Å². The molecule has 0 aromatic heterocycles. The van der Waals surface area contributed by atoms with E-state index in [4.69, 9.17) is 4.74 Å². The lowest BCUT2D eigenvalue weighted by Crippen LogP contribution is -2.08. The Morgan fingerprint density at radius 3 is 2.19 bits per heavy atom. The smallest absolute Gasteiger partial charge is 0.0572 e. The molecule has 0 heterocycles. The van der Waals surface area contributed by atoms with Crippen LogP contribution in [-0.4, -0.2) is 20.8 Å². The second-order valence-corrected chi connectivity index (χ2v) is 5.74. The van der Waals surface area contributed by atoms with Crippen molar-refractivity contribution in [2.75, 3.05) is 20.8 Å². The third-order valence-electron chi connectivity index (χ3n) is 4.40. The summed E-state index contributed by atoms with van der Waals surface area (Å²) >= 11 is 0. The van der Waals surface area contributed by atoms with Crippen LogP contribution < -0.4 is 5.32 Å². The van der Waals surface area contributed by atoms with Gasteiger partial charge in [-0.25, -0.2) is 0 Å². The number of ether oxygens (including phenoxy) is 1. The summed E-state index contributed by atoms with van der Waals surface area (Å²) in [5, 5.41) is 3.23. The summed E-state index contributed by atoms with van der Waals surface area (Å²) in [6.45, 7) is 3.86. The van der Waals surface area contributed by atoms with Crippen LogP contribution in [0.1, 0.15) is 35.1 Å². The van der Waals surface area contributed by atoms with Crippen LogP contribution >= 0.6 is 0 Å². The maximum Gasteiger partial charge on any atom is 0.0572 e. The SMILES string of the molecule is CCc1ccc2c(c1)C(COC)c1cc(CNC)ccc1-2. The molecule has 1 N–H and O–H groups in total. The van der Waals surface area contributed by atoms with Crippen LogP contribution in [-0.2, 0) is 17.7 Å². The van der Waals surface area contributed by atoms with Gasteiger partial charge in [0.25, 0.3) is 0 Å². The molecule has 0 amide bonds. The summed E-state index contributed by atoms with van der Waals surface area (Å²) in [7, 11) is 3.78. The van der Waals surface area contributed by atoms with Gasteiger partial charge < -0.3 is 10.1 Å². The zero-order valence-electron chi connectivity index (χ0n) is 13.1. The molecule has 110 valence electrons. The molecule has 1 unspecified atom stereocenters. The van der Waals surface area contributed by atoms with E-state index < -0.39 is 0 Å². The Hall–Kier alpha value is -1.64. The molecule has 2 nitrogen and oxygen atoms in total. The quantitative estimate of drug-likeness (QED) is 0.901. The summed E-state index contributed by atoms with van der Waals surface area (Å²) in [5.74, 6) is 0.364. The number of aryl methyl sites for hydroxylation is 1. The van der Waals surface area contributed by atoms with E-state index in [0.29, 0.717) is 5.92 Å². The molecule has 0 spiro atoms. The van der Waals surface area contributed by atoms with Gasteiger partial charge in [0.1, 0.15) is 0 Å². The summed E-state index contributed by atoms with van der Waals surface area (Å²) in [6, 6.07) is 13.7. The Kier molecular flexibility index (Phi) is 4.09. The van der Waals surface area contributed by atoms with Crippen LogP contribution in [0, 0.1) is 0 Å². The predicted octanol–water partition coefficient (Wildman–Crippen LogP) is 3.73. The molecule has 0 radical (unpaired) electrons. The monoisotopic (exact) mass is 281 g/mol. The molecule has 0 aliphatic heterocycles. The van der Waals surface area contributed by atoms with Gasteiger partial charge in [0.05, 0.1) is 6.61 Å². The highest BCUT2D eigenvalue weighted by molar-refractivity contribution is 5.79. The second-order valence-electron chi connectivity index (χ2n) is 5.74. The minimum absolute atomic E-state index is 0.364. The Morgan fingerprint density at radius 1 is 1.00 bits per heavy atom. The fraction of sp³-hybridized carbons (Fsp3) is 0.368. The van der Waals surface area contributed by atoms with Crippen molar-refractivity contribution in [2.45, 2.75) is 25.8 Å². The maximum absolute atomic E-state index is 5.50. The normalized spacial score (nSPS) is 15.9. The number of rotatable bonds is 5. The molecular weight excluding hydrogens is 258 g/mol. The first-order chi connectivity index (χ1) is 10.3.